The van der Waals surface area contributed by atoms with E-state index in [4.69, 9.17) is 11.6 Å². The molecule has 3 heterocycles. The monoisotopic (exact) mass is 410 g/mol. The lowest BCUT2D eigenvalue weighted by molar-refractivity contribution is 0.0955. The minimum absolute atomic E-state index is 0.0839. The summed E-state index contributed by atoms with van der Waals surface area (Å²) in [5.41, 5.74) is 2.43. The second-order valence-corrected chi connectivity index (χ2v) is 7.72. The lowest BCUT2D eigenvalue weighted by atomic mass is 10.2. The summed E-state index contributed by atoms with van der Waals surface area (Å²) in [6.45, 7) is 0.367. The number of carbonyl (C=O) groups is 1. The predicted molar refractivity (Wildman–Crippen MR) is 110 cm³/mol. The molecule has 0 aliphatic rings. The number of nitrogens with one attached hydrogen (secondary N) is 1. The number of hydrogen-bond acceptors (Lipinski definition) is 4. The zero-order valence-electron chi connectivity index (χ0n) is 14.6. The topological polar surface area (TPSA) is 68.9 Å². The average molecular weight is 411 g/mol. The van der Waals surface area contributed by atoms with Crippen LogP contribution in [0.15, 0.2) is 78.0 Å². The van der Waals surface area contributed by atoms with Crippen LogP contribution in [0.3, 0.4) is 0 Å². The van der Waals surface area contributed by atoms with Gasteiger partial charge in [0.15, 0.2) is 0 Å². The Hall–Kier alpha value is -3.16. The van der Waals surface area contributed by atoms with Gasteiger partial charge in [0.2, 0.25) is 0 Å². The van der Waals surface area contributed by atoms with Gasteiger partial charge in [-0.1, -0.05) is 17.7 Å². The smallest absolute Gasteiger partial charge is 0.261 e. The van der Waals surface area contributed by atoms with Crippen LogP contribution in [0.2, 0.25) is 4.34 Å². The van der Waals surface area contributed by atoms with Gasteiger partial charge in [-0.3, -0.25) is 14.2 Å². The zero-order chi connectivity index (χ0) is 19.5. The number of aromatic nitrogens is 3. The molecule has 6 nitrogen and oxygen atoms in total. The van der Waals surface area contributed by atoms with Gasteiger partial charge in [0.05, 0.1) is 21.1 Å². The SMILES string of the molecule is O=C(NCc1cnn(-c2ccc(-n3ccccc3=O)cc2)c1)c1ccc(Cl)s1. The van der Waals surface area contributed by atoms with Crippen LogP contribution in [0.1, 0.15) is 15.2 Å². The van der Waals surface area contributed by atoms with E-state index in [1.165, 1.54) is 17.4 Å². The molecule has 0 spiro atoms. The molecule has 8 heteroatoms. The second kappa shape index (κ2) is 7.84. The molecule has 1 aromatic carbocycles. The molecule has 0 aliphatic carbocycles. The molecule has 0 bridgehead atoms. The maximum absolute atomic E-state index is 12.1. The van der Waals surface area contributed by atoms with Gasteiger partial charge in [0.1, 0.15) is 0 Å². The Bertz CT molecular complexity index is 1180. The van der Waals surface area contributed by atoms with Crippen LogP contribution >= 0.6 is 22.9 Å². The van der Waals surface area contributed by atoms with Crippen molar-refractivity contribution in [3.05, 3.63) is 98.3 Å². The Kier molecular flexibility index (Phi) is 5.10. The summed E-state index contributed by atoms with van der Waals surface area (Å²) in [5, 5.41) is 7.19. The molecular weight excluding hydrogens is 396 g/mol. The van der Waals surface area contributed by atoms with Crippen LogP contribution < -0.4 is 10.9 Å². The van der Waals surface area contributed by atoms with Crippen molar-refractivity contribution in [1.29, 1.82) is 0 Å². The fourth-order valence-corrected chi connectivity index (χ4v) is 3.66. The highest BCUT2D eigenvalue weighted by Crippen LogP contribution is 2.21. The van der Waals surface area contributed by atoms with E-state index in [1.54, 1.807) is 39.8 Å². The van der Waals surface area contributed by atoms with E-state index >= 15 is 0 Å². The highest BCUT2D eigenvalue weighted by Gasteiger charge is 2.09. The number of carbonyl (C=O) groups excluding carboxylic acids is 1. The van der Waals surface area contributed by atoms with Gasteiger partial charge in [0, 0.05) is 36.3 Å². The molecule has 4 rings (SSSR count). The highest BCUT2D eigenvalue weighted by atomic mass is 35.5. The zero-order valence-corrected chi connectivity index (χ0v) is 16.2. The molecule has 0 aliphatic heterocycles. The van der Waals surface area contributed by atoms with E-state index in [0.29, 0.717) is 15.8 Å². The third-order valence-electron chi connectivity index (χ3n) is 4.10. The van der Waals surface area contributed by atoms with Crippen molar-refractivity contribution in [3.8, 4) is 11.4 Å². The minimum Gasteiger partial charge on any atom is -0.347 e. The van der Waals surface area contributed by atoms with Crippen LogP contribution in [0.4, 0.5) is 0 Å². The van der Waals surface area contributed by atoms with E-state index < -0.39 is 0 Å². The van der Waals surface area contributed by atoms with E-state index in [-0.39, 0.29) is 11.5 Å². The number of thiophene rings is 1. The van der Waals surface area contributed by atoms with E-state index in [0.717, 1.165) is 16.9 Å². The number of rotatable bonds is 5. The van der Waals surface area contributed by atoms with Gasteiger partial charge in [0.25, 0.3) is 11.5 Å². The summed E-state index contributed by atoms with van der Waals surface area (Å²) in [5.74, 6) is -0.165. The van der Waals surface area contributed by atoms with Gasteiger partial charge in [-0.15, -0.1) is 11.3 Å². The molecule has 1 N–H and O–H groups in total. The molecule has 0 atom stereocenters. The Labute approximate surface area is 169 Å². The fourth-order valence-electron chi connectivity index (χ4n) is 2.71. The quantitative estimate of drug-likeness (QED) is 0.545. The van der Waals surface area contributed by atoms with Crippen molar-refractivity contribution in [3.63, 3.8) is 0 Å². The Morgan fingerprint density at radius 3 is 2.57 bits per heavy atom. The Balaban J connectivity index is 1.45. The number of benzene rings is 1. The van der Waals surface area contributed by atoms with Gasteiger partial charge < -0.3 is 5.32 Å². The van der Waals surface area contributed by atoms with Crippen LogP contribution in [0, 0.1) is 0 Å². The molecule has 28 heavy (non-hydrogen) atoms. The third-order valence-corrected chi connectivity index (χ3v) is 5.33. The molecule has 3 aromatic heterocycles. The molecule has 0 saturated carbocycles. The number of hydrogen-bond donors (Lipinski definition) is 1. The van der Waals surface area contributed by atoms with Crippen molar-refractivity contribution in [1.82, 2.24) is 19.7 Å². The number of pyridine rings is 1. The Morgan fingerprint density at radius 2 is 1.86 bits per heavy atom. The van der Waals surface area contributed by atoms with Gasteiger partial charge in [-0.25, -0.2) is 4.68 Å². The minimum atomic E-state index is -0.165. The molecule has 0 radical (unpaired) electrons. The number of nitrogens with zero attached hydrogens (tertiary/aromatic N) is 3. The number of halogens is 1. The van der Waals surface area contributed by atoms with Crippen LogP contribution in [0.5, 0.6) is 0 Å². The van der Waals surface area contributed by atoms with Crippen LogP contribution in [-0.2, 0) is 6.54 Å². The van der Waals surface area contributed by atoms with Gasteiger partial charge in [-0.2, -0.15) is 5.10 Å². The summed E-state index contributed by atoms with van der Waals surface area (Å²) < 4.78 is 3.88. The van der Waals surface area contributed by atoms with Crippen molar-refractivity contribution in [2.45, 2.75) is 6.54 Å². The normalized spacial score (nSPS) is 10.8. The molecular formula is C20H15ClN4O2S. The molecule has 0 unspecified atom stereocenters. The molecule has 4 aromatic rings. The van der Waals surface area contributed by atoms with Crippen molar-refractivity contribution >= 4 is 28.8 Å². The van der Waals surface area contributed by atoms with E-state index in [9.17, 15) is 9.59 Å². The van der Waals surface area contributed by atoms with E-state index in [1.807, 2.05) is 36.5 Å². The summed E-state index contributed by atoms with van der Waals surface area (Å²) in [7, 11) is 0. The summed E-state index contributed by atoms with van der Waals surface area (Å²) in [6.07, 6.45) is 5.29. The first-order valence-electron chi connectivity index (χ1n) is 8.46. The summed E-state index contributed by atoms with van der Waals surface area (Å²) in [6, 6.07) is 15.9. The third kappa shape index (κ3) is 3.90. The predicted octanol–water partition coefficient (Wildman–Crippen LogP) is 3.67. The molecule has 0 fully saturated rings. The second-order valence-electron chi connectivity index (χ2n) is 6.00. The van der Waals surface area contributed by atoms with Crippen LogP contribution in [0.25, 0.3) is 11.4 Å². The number of amides is 1. The maximum Gasteiger partial charge on any atom is 0.261 e. The van der Waals surface area contributed by atoms with E-state index in [2.05, 4.69) is 10.4 Å². The molecule has 140 valence electrons. The largest absolute Gasteiger partial charge is 0.347 e. The van der Waals surface area contributed by atoms with Crippen molar-refractivity contribution < 1.29 is 4.79 Å². The van der Waals surface area contributed by atoms with Gasteiger partial charge in [-0.05, 0) is 42.5 Å². The molecule has 1 amide bonds. The maximum atomic E-state index is 12.1. The Morgan fingerprint density at radius 1 is 1.07 bits per heavy atom. The van der Waals surface area contributed by atoms with Crippen molar-refractivity contribution in [2.24, 2.45) is 0 Å². The highest BCUT2D eigenvalue weighted by molar-refractivity contribution is 7.17. The summed E-state index contributed by atoms with van der Waals surface area (Å²) in [4.78, 5) is 24.6. The lowest BCUT2D eigenvalue weighted by Crippen LogP contribution is -2.21. The van der Waals surface area contributed by atoms with Crippen LogP contribution in [-0.4, -0.2) is 20.3 Å². The van der Waals surface area contributed by atoms with Gasteiger partial charge >= 0.3 is 0 Å². The molecule has 0 saturated heterocycles. The standard InChI is InChI=1S/C20H15ClN4O2S/c21-18-9-8-17(28-18)20(27)22-11-14-12-23-25(13-14)16-6-4-15(5-7-16)24-10-2-1-3-19(24)26/h1-10,12-13H,11H2,(H,22,27). The average Bonchev–Trinajstić information content (AvgIpc) is 3.36. The first-order chi connectivity index (χ1) is 13.6. The van der Waals surface area contributed by atoms with Crippen molar-refractivity contribution in [2.75, 3.05) is 0 Å². The first-order valence-corrected chi connectivity index (χ1v) is 9.65. The lowest BCUT2D eigenvalue weighted by Gasteiger charge is -2.06. The fraction of sp³-hybridized carbons (Fsp3) is 0.0500. The first kappa shape index (κ1) is 18.2. The summed E-state index contributed by atoms with van der Waals surface area (Å²) >= 11 is 7.10.